The quantitative estimate of drug-likeness (QED) is 0.708. The number of nitrogens with zero attached hydrogens (tertiary/aromatic N) is 2. The minimum Gasteiger partial charge on any atom is -0.292 e. The molecule has 0 aliphatic heterocycles. The molecule has 1 aliphatic rings. The van der Waals surface area contributed by atoms with Gasteiger partial charge in [0, 0.05) is 0 Å². The molecule has 0 aromatic carbocycles. The third-order valence-electron chi connectivity index (χ3n) is 2.20. The number of nitrogens with one attached hydrogen (secondary N) is 2. The largest absolute Gasteiger partial charge is 0.292 e. The number of aromatic nitrogens is 3. The number of alkyl halides is 1. The lowest BCUT2D eigenvalue weighted by atomic mass is 9.81. The van der Waals surface area contributed by atoms with E-state index in [4.69, 9.17) is 0 Å². The molecule has 2 N–H and O–H groups in total. The van der Waals surface area contributed by atoms with Crippen molar-refractivity contribution in [3.05, 3.63) is 6.33 Å². The van der Waals surface area contributed by atoms with Crippen LogP contribution in [0.15, 0.2) is 6.33 Å². The van der Waals surface area contributed by atoms with Crippen LogP contribution in [0.2, 0.25) is 0 Å². The Morgan fingerprint density at radius 1 is 1.69 bits per heavy atom. The molecule has 6 heteroatoms. The van der Waals surface area contributed by atoms with Gasteiger partial charge in [-0.1, -0.05) is 0 Å². The molecule has 1 aromatic heterocycles. The maximum atomic E-state index is 13.4. The van der Waals surface area contributed by atoms with Crippen molar-refractivity contribution in [2.45, 2.75) is 24.9 Å². The number of carbonyl (C=O) groups excluding carboxylic acids is 1. The van der Waals surface area contributed by atoms with Crippen LogP contribution in [0.5, 0.6) is 0 Å². The van der Waals surface area contributed by atoms with Gasteiger partial charge in [-0.05, 0) is 19.3 Å². The summed E-state index contributed by atoms with van der Waals surface area (Å²) >= 11 is 0. The molecular formula is C7H9FN4O. The summed E-state index contributed by atoms with van der Waals surface area (Å²) in [6.45, 7) is 0. The lowest BCUT2D eigenvalue weighted by Crippen LogP contribution is -2.44. The number of amides is 1. The maximum absolute atomic E-state index is 13.4. The molecule has 1 fully saturated rings. The fourth-order valence-electron chi connectivity index (χ4n) is 1.20. The average Bonchev–Trinajstić information content (AvgIpc) is 2.52. The van der Waals surface area contributed by atoms with E-state index in [0.29, 0.717) is 12.8 Å². The molecule has 0 bridgehead atoms. The molecular weight excluding hydrogens is 175 g/mol. The van der Waals surface area contributed by atoms with Crippen molar-refractivity contribution in [3.63, 3.8) is 0 Å². The molecule has 0 spiro atoms. The van der Waals surface area contributed by atoms with Gasteiger partial charge in [-0.25, -0.2) is 9.49 Å². The maximum Gasteiger partial charge on any atom is 0.264 e. The van der Waals surface area contributed by atoms with Gasteiger partial charge in [0.2, 0.25) is 5.95 Å². The number of halogens is 1. The first-order chi connectivity index (χ1) is 6.21. The van der Waals surface area contributed by atoms with Gasteiger partial charge in [0.1, 0.15) is 6.33 Å². The van der Waals surface area contributed by atoms with Gasteiger partial charge in [0.25, 0.3) is 5.91 Å². The number of aromatic amines is 1. The van der Waals surface area contributed by atoms with Gasteiger partial charge in [0.05, 0.1) is 0 Å². The van der Waals surface area contributed by atoms with Crippen LogP contribution in [0.3, 0.4) is 0 Å². The fourth-order valence-corrected chi connectivity index (χ4v) is 1.20. The molecule has 5 nitrogen and oxygen atoms in total. The number of anilines is 1. The minimum absolute atomic E-state index is 0.189. The van der Waals surface area contributed by atoms with Gasteiger partial charge in [-0.3, -0.25) is 10.1 Å². The first-order valence-electron chi connectivity index (χ1n) is 4.06. The Hall–Kier alpha value is -1.46. The molecule has 1 heterocycles. The second-order valence-corrected chi connectivity index (χ2v) is 3.11. The Kier molecular flexibility index (Phi) is 1.75. The SMILES string of the molecule is O=C(Nc1ncn[nH]1)C1(F)CCC1. The zero-order valence-electron chi connectivity index (χ0n) is 6.88. The molecule has 0 atom stereocenters. The van der Waals surface area contributed by atoms with Crippen LogP contribution in [0.1, 0.15) is 19.3 Å². The van der Waals surface area contributed by atoms with Crippen molar-refractivity contribution in [1.29, 1.82) is 0 Å². The van der Waals surface area contributed by atoms with Crippen LogP contribution in [-0.2, 0) is 4.79 Å². The monoisotopic (exact) mass is 184 g/mol. The van der Waals surface area contributed by atoms with E-state index in [1.165, 1.54) is 6.33 Å². The molecule has 70 valence electrons. The smallest absolute Gasteiger partial charge is 0.264 e. The summed E-state index contributed by atoms with van der Waals surface area (Å²) in [7, 11) is 0. The number of H-pyrrole nitrogens is 1. The van der Waals surface area contributed by atoms with Crippen molar-refractivity contribution in [1.82, 2.24) is 15.2 Å². The lowest BCUT2D eigenvalue weighted by Gasteiger charge is -2.31. The van der Waals surface area contributed by atoms with Gasteiger partial charge in [-0.15, -0.1) is 0 Å². The highest BCUT2D eigenvalue weighted by molar-refractivity contribution is 5.96. The van der Waals surface area contributed by atoms with Crippen molar-refractivity contribution in [2.24, 2.45) is 0 Å². The predicted molar refractivity (Wildman–Crippen MR) is 42.7 cm³/mol. The van der Waals surface area contributed by atoms with E-state index >= 15 is 0 Å². The normalized spacial score (nSPS) is 19.2. The molecule has 1 aliphatic carbocycles. The predicted octanol–water partition coefficient (Wildman–Crippen LogP) is 0.635. The first kappa shape index (κ1) is 8.15. The second kappa shape index (κ2) is 2.79. The molecule has 1 aromatic rings. The number of carbonyl (C=O) groups is 1. The molecule has 1 amide bonds. The van der Waals surface area contributed by atoms with Gasteiger partial charge in [0.15, 0.2) is 5.67 Å². The Labute approximate surface area is 73.7 Å². The van der Waals surface area contributed by atoms with Crippen LogP contribution in [0.25, 0.3) is 0 Å². The Balaban J connectivity index is 1.99. The van der Waals surface area contributed by atoms with E-state index < -0.39 is 11.6 Å². The first-order valence-corrected chi connectivity index (χ1v) is 4.06. The lowest BCUT2D eigenvalue weighted by molar-refractivity contribution is -0.132. The van der Waals surface area contributed by atoms with E-state index in [9.17, 15) is 9.18 Å². The van der Waals surface area contributed by atoms with Crippen LogP contribution in [0.4, 0.5) is 10.3 Å². The highest BCUT2D eigenvalue weighted by Gasteiger charge is 2.44. The number of hydrogen-bond donors (Lipinski definition) is 2. The molecule has 13 heavy (non-hydrogen) atoms. The van der Waals surface area contributed by atoms with Crippen molar-refractivity contribution in [2.75, 3.05) is 5.32 Å². The van der Waals surface area contributed by atoms with Gasteiger partial charge >= 0.3 is 0 Å². The third kappa shape index (κ3) is 1.39. The van der Waals surface area contributed by atoms with E-state index in [1.807, 2.05) is 0 Å². The summed E-state index contributed by atoms with van der Waals surface area (Å²) in [5, 5.41) is 8.28. The number of hydrogen-bond acceptors (Lipinski definition) is 3. The van der Waals surface area contributed by atoms with Gasteiger partial charge in [-0.2, -0.15) is 10.1 Å². The van der Waals surface area contributed by atoms with E-state index in [0.717, 1.165) is 6.42 Å². The fraction of sp³-hybridized carbons (Fsp3) is 0.571. The summed E-state index contributed by atoms with van der Waals surface area (Å²) in [6.07, 6.45) is 2.61. The van der Waals surface area contributed by atoms with Crippen LogP contribution < -0.4 is 5.32 Å². The standard InChI is InChI=1S/C7H9FN4O/c8-7(2-1-3-7)5(13)11-6-9-4-10-12-6/h4H,1-3H2,(H2,9,10,11,12,13). The summed E-state index contributed by atoms with van der Waals surface area (Å²) in [5.74, 6) is -0.440. The molecule has 2 rings (SSSR count). The third-order valence-corrected chi connectivity index (χ3v) is 2.20. The van der Waals surface area contributed by atoms with Crippen molar-refractivity contribution in [3.8, 4) is 0 Å². The summed E-state index contributed by atoms with van der Waals surface area (Å²) in [4.78, 5) is 14.9. The van der Waals surface area contributed by atoms with Gasteiger partial charge < -0.3 is 0 Å². The average molecular weight is 184 g/mol. The summed E-state index contributed by atoms with van der Waals surface area (Å²) in [5.41, 5.74) is -1.69. The number of rotatable bonds is 2. The van der Waals surface area contributed by atoms with E-state index in [-0.39, 0.29) is 5.95 Å². The van der Waals surface area contributed by atoms with E-state index in [1.54, 1.807) is 0 Å². The zero-order chi connectivity index (χ0) is 9.31. The van der Waals surface area contributed by atoms with Crippen LogP contribution >= 0.6 is 0 Å². The van der Waals surface area contributed by atoms with Crippen LogP contribution in [0, 0.1) is 0 Å². The zero-order valence-corrected chi connectivity index (χ0v) is 6.88. The topological polar surface area (TPSA) is 70.7 Å². The molecule has 0 radical (unpaired) electrons. The Bertz CT molecular complexity index is 306. The second-order valence-electron chi connectivity index (χ2n) is 3.11. The Morgan fingerprint density at radius 3 is 2.92 bits per heavy atom. The molecule has 1 saturated carbocycles. The highest BCUT2D eigenvalue weighted by atomic mass is 19.1. The summed E-state index contributed by atoms with van der Waals surface area (Å²) < 4.78 is 13.4. The molecule has 0 unspecified atom stereocenters. The molecule has 0 saturated heterocycles. The van der Waals surface area contributed by atoms with Crippen LogP contribution in [-0.4, -0.2) is 26.8 Å². The highest BCUT2D eigenvalue weighted by Crippen LogP contribution is 2.36. The Morgan fingerprint density at radius 2 is 2.46 bits per heavy atom. The van der Waals surface area contributed by atoms with Crippen molar-refractivity contribution >= 4 is 11.9 Å². The van der Waals surface area contributed by atoms with E-state index in [2.05, 4.69) is 20.5 Å². The minimum atomic E-state index is -1.69. The summed E-state index contributed by atoms with van der Waals surface area (Å²) in [6, 6.07) is 0. The van der Waals surface area contributed by atoms with Crippen molar-refractivity contribution < 1.29 is 9.18 Å².